The number of hydrogen-bond donors (Lipinski definition) is 2. The van der Waals surface area contributed by atoms with Crippen molar-refractivity contribution in [3.63, 3.8) is 0 Å². The minimum absolute atomic E-state index is 0.123. The van der Waals surface area contributed by atoms with Crippen LogP contribution in [0.15, 0.2) is 71.7 Å². The van der Waals surface area contributed by atoms with Crippen LogP contribution in [0.1, 0.15) is 74.6 Å². The van der Waals surface area contributed by atoms with Gasteiger partial charge in [-0.15, -0.1) is 10.2 Å². The molecule has 2 N–H and O–H groups in total. The number of aromatic nitrogens is 6. The van der Waals surface area contributed by atoms with Crippen molar-refractivity contribution in [2.75, 3.05) is 37.6 Å². The van der Waals surface area contributed by atoms with Gasteiger partial charge < -0.3 is 15.0 Å². The number of carbonyl (C=O) groups excluding carboxylic acids is 3. The van der Waals surface area contributed by atoms with Crippen LogP contribution in [0.2, 0.25) is 5.02 Å². The maximum atomic E-state index is 13.5. The molecule has 310 valence electrons. The molecule has 0 spiro atoms. The van der Waals surface area contributed by atoms with E-state index in [0.29, 0.717) is 33.1 Å². The summed E-state index contributed by atoms with van der Waals surface area (Å²) < 4.78 is 9.04. The molecule has 3 aliphatic rings. The molecule has 5 aromatic rings. The van der Waals surface area contributed by atoms with Crippen LogP contribution in [-0.4, -0.2) is 97.5 Å². The molecule has 17 heteroatoms. The van der Waals surface area contributed by atoms with Crippen molar-refractivity contribution in [3.05, 3.63) is 99.1 Å². The fourth-order valence-corrected chi connectivity index (χ4v) is 9.40. The summed E-state index contributed by atoms with van der Waals surface area (Å²) >= 11 is 6.25. The topological polar surface area (TPSA) is 193 Å². The monoisotopic (exact) mass is 831 g/mol. The van der Waals surface area contributed by atoms with Crippen molar-refractivity contribution in [2.24, 2.45) is 10.8 Å². The largest absolute Gasteiger partial charge is 0.489 e. The van der Waals surface area contributed by atoms with E-state index in [0.717, 1.165) is 61.6 Å². The highest BCUT2D eigenvalue weighted by Crippen LogP contribution is 2.55. The van der Waals surface area contributed by atoms with E-state index >= 15 is 0 Å². The third-order valence-corrected chi connectivity index (χ3v) is 12.5. The number of amides is 3. The summed E-state index contributed by atoms with van der Waals surface area (Å²) in [5.41, 5.74) is 2.75. The number of anilines is 1. The molecule has 3 amide bonds. The van der Waals surface area contributed by atoms with Gasteiger partial charge in [0.25, 0.3) is 17.4 Å². The van der Waals surface area contributed by atoms with Gasteiger partial charge in [-0.3, -0.25) is 29.4 Å². The van der Waals surface area contributed by atoms with E-state index in [1.807, 2.05) is 30.5 Å². The molecule has 2 aliphatic heterocycles. The number of ether oxygens (including phenoxy) is 1. The molecular formula is C43H46ClN11O5. The highest BCUT2D eigenvalue weighted by atomic mass is 35.5. The number of carbonyl (C=O) groups is 3. The van der Waals surface area contributed by atoms with Crippen molar-refractivity contribution >= 4 is 45.9 Å². The maximum Gasteiger partial charge on any atom is 0.278 e. The summed E-state index contributed by atoms with van der Waals surface area (Å²) in [4.78, 5) is 55.6. The van der Waals surface area contributed by atoms with Crippen LogP contribution in [0.3, 0.4) is 0 Å². The lowest BCUT2D eigenvalue weighted by molar-refractivity contribution is -0.164. The van der Waals surface area contributed by atoms with Crippen LogP contribution >= 0.6 is 11.6 Å². The predicted molar refractivity (Wildman–Crippen MR) is 223 cm³/mol. The van der Waals surface area contributed by atoms with E-state index < -0.39 is 17.5 Å². The number of fused-ring (bicyclic) bond motifs is 1. The average Bonchev–Trinajstić information content (AvgIpc) is 3.71. The summed E-state index contributed by atoms with van der Waals surface area (Å²) in [5, 5.41) is 32.1. The van der Waals surface area contributed by atoms with E-state index in [4.69, 9.17) is 16.3 Å². The number of imide groups is 1. The fourth-order valence-electron chi connectivity index (χ4n) is 9.19. The van der Waals surface area contributed by atoms with Crippen molar-refractivity contribution in [1.29, 1.82) is 5.26 Å². The van der Waals surface area contributed by atoms with E-state index in [-0.39, 0.29) is 53.0 Å². The van der Waals surface area contributed by atoms with Gasteiger partial charge in [0.2, 0.25) is 5.91 Å². The second-order valence-electron chi connectivity index (χ2n) is 16.9. The quantitative estimate of drug-likeness (QED) is 0.180. The van der Waals surface area contributed by atoms with Gasteiger partial charge >= 0.3 is 0 Å². The first kappa shape index (κ1) is 40.6. The third kappa shape index (κ3) is 7.82. The zero-order chi connectivity index (χ0) is 42.3. The summed E-state index contributed by atoms with van der Waals surface area (Å²) in [6.07, 6.45) is 3.61. The number of halogens is 1. The van der Waals surface area contributed by atoms with Gasteiger partial charge in [0, 0.05) is 66.8 Å². The zero-order valence-corrected chi connectivity index (χ0v) is 34.6. The number of nitrogens with one attached hydrogen (secondary N) is 2. The van der Waals surface area contributed by atoms with Crippen LogP contribution in [-0.2, 0) is 16.0 Å². The second kappa shape index (κ2) is 16.1. The first-order chi connectivity index (χ1) is 28.7. The zero-order valence-electron chi connectivity index (χ0n) is 33.9. The highest BCUT2D eigenvalue weighted by molar-refractivity contribution is 6.31. The number of hydrogen-bond acceptors (Lipinski definition) is 12. The Kier molecular flexibility index (Phi) is 10.9. The summed E-state index contributed by atoms with van der Waals surface area (Å²) in [7, 11) is 0. The standard InChI is InChI=1S/C43H46ClN11O5/c1-42(2)40(43(3,4)41(42)60-31-13-9-27(24-45)33(44)23-31)47-37(57)26-7-10-29(11-8-26)53-20-18-52(19-21-53)17-5-6-28-25-54(50-48-28)30-12-14-34-32(22-30)39(59)55(51-49-34)35-15-16-36(56)46-38(35)58/h7-14,22-23,25,35,40-41H,5-6,15-21H2,1-4H3,(H,47,57)(H,46,56,58)/t35?,40-,41-. The minimum atomic E-state index is -0.899. The minimum Gasteiger partial charge on any atom is -0.489 e. The van der Waals surface area contributed by atoms with Crippen LogP contribution in [0.25, 0.3) is 16.6 Å². The molecule has 0 radical (unpaired) electrons. The SMILES string of the molecule is CC1(C)[C@H](NC(=O)c2ccc(N3CCN(CCCc4cn(-c5ccc6nnn(C7CCC(=O)NC7=O)c(=O)c6c5)nn4)CC3)cc2)C(C)(C)[C@H]1Oc1ccc(C#N)c(Cl)c1. The van der Waals surface area contributed by atoms with E-state index in [1.54, 1.807) is 41.1 Å². The van der Waals surface area contributed by atoms with E-state index in [1.165, 1.54) is 0 Å². The molecule has 60 heavy (non-hydrogen) atoms. The second-order valence-corrected chi connectivity index (χ2v) is 17.3. The Morgan fingerprint density at radius 2 is 1.68 bits per heavy atom. The van der Waals surface area contributed by atoms with Crippen molar-refractivity contribution in [2.45, 2.75) is 71.6 Å². The average molecular weight is 832 g/mol. The molecule has 2 saturated heterocycles. The lowest BCUT2D eigenvalue weighted by Crippen LogP contribution is -2.74. The number of piperidine rings is 1. The molecule has 1 unspecified atom stereocenters. The van der Waals surface area contributed by atoms with Crippen LogP contribution < -0.4 is 25.8 Å². The number of rotatable bonds is 11. The molecule has 1 atom stereocenters. The number of aryl methyl sites for hydroxylation is 1. The van der Waals surface area contributed by atoms with E-state index in [9.17, 15) is 24.4 Å². The van der Waals surface area contributed by atoms with Gasteiger partial charge in [-0.05, 0) is 80.4 Å². The third-order valence-electron chi connectivity index (χ3n) is 12.2. The first-order valence-electron chi connectivity index (χ1n) is 20.1. The van der Waals surface area contributed by atoms with Crippen molar-refractivity contribution in [3.8, 4) is 17.5 Å². The molecule has 0 bridgehead atoms. The molecule has 3 fully saturated rings. The lowest BCUT2D eigenvalue weighted by Gasteiger charge is -2.63. The van der Waals surface area contributed by atoms with Gasteiger partial charge in [-0.25, -0.2) is 4.68 Å². The lowest BCUT2D eigenvalue weighted by atomic mass is 9.49. The van der Waals surface area contributed by atoms with Gasteiger partial charge in [0.05, 0.1) is 33.6 Å². The number of benzene rings is 3. The Balaban J connectivity index is 0.802. The normalized spacial score (nSPS) is 21.2. The van der Waals surface area contributed by atoms with Crippen LogP contribution in [0.4, 0.5) is 5.69 Å². The molecule has 8 rings (SSSR count). The molecule has 1 aliphatic carbocycles. The smallest absolute Gasteiger partial charge is 0.278 e. The summed E-state index contributed by atoms with van der Waals surface area (Å²) in [6, 6.07) is 19.1. The summed E-state index contributed by atoms with van der Waals surface area (Å²) in [6.45, 7) is 12.8. The maximum absolute atomic E-state index is 13.5. The highest BCUT2D eigenvalue weighted by Gasteiger charge is 2.64. The Labute approximate surface area is 351 Å². The first-order valence-corrected chi connectivity index (χ1v) is 20.5. The molecule has 3 aromatic carbocycles. The number of nitriles is 1. The number of piperazine rings is 1. The van der Waals surface area contributed by atoms with Crippen LogP contribution in [0, 0.1) is 22.2 Å². The Morgan fingerprint density at radius 1 is 0.950 bits per heavy atom. The Hall–Kier alpha value is -6.18. The molecular weight excluding hydrogens is 786 g/mol. The van der Waals surface area contributed by atoms with Crippen molar-refractivity contribution in [1.82, 2.24) is 45.5 Å². The molecule has 4 heterocycles. The molecule has 2 aromatic heterocycles. The van der Waals surface area contributed by atoms with Gasteiger partial charge in [0.1, 0.15) is 29.5 Å². The summed E-state index contributed by atoms with van der Waals surface area (Å²) in [5.74, 6) is -0.469. The number of nitrogens with zero attached hydrogens (tertiary/aromatic N) is 9. The predicted octanol–water partition coefficient (Wildman–Crippen LogP) is 4.24. The van der Waals surface area contributed by atoms with Crippen molar-refractivity contribution < 1.29 is 19.1 Å². The van der Waals surface area contributed by atoms with Crippen LogP contribution in [0.5, 0.6) is 5.75 Å². The van der Waals surface area contributed by atoms with E-state index in [2.05, 4.69) is 74.8 Å². The molecule has 16 nitrogen and oxygen atoms in total. The van der Waals surface area contributed by atoms with Gasteiger partial charge in [0.15, 0.2) is 0 Å². The Bertz CT molecular complexity index is 2560. The van der Waals surface area contributed by atoms with Gasteiger partial charge in [-0.1, -0.05) is 49.7 Å². The Morgan fingerprint density at radius 3 is 2.38 bits per heavy atom. The fraction of sp³-hybridized carbons (Fsp3) is 0.419. The molecule has 1 saturated carbocycles. The van der Waals surface area contributed by atoms with Gasteiger partial charge in [-0.2, -0.15) is 9.94 Å².